The van der Waals surface area contributed by atoms with Crippen LogP contribution in [0.15, 0.2) is 53.6 Å². The van der Waals surface area contributed by atoms with Crippen LogP contribution >= 0.6 is 12.2 Å². The van der Waals surface area contributed by atoms with E-state index in [0.29, 0.717) is 10.6 Å². The third-order valence-electron chi connectivity index (χ3n) is 3.31. The Bertz CT molecular complexity index is 959. The Balaban J connectivity index is 1.96. The predicted octanol–water partition coefficient (Wildman–Crippen LogP) is 3.98. The third kappa shape index (κ3) is 4.13. The third-order valence-corrected chi connectivity index (χ3v) is 3.57. The molecular formula is C18H18N4O2S. The Kier molecular flexibility index (Phi) is 4.95. The summed E-state index contributed by atoms with van der Waals surface area (Å²) in [5.41, 5.74) is 1.59. The summed E-state index contributed by atoms with van der Waals surface area (Å²) in [5.74, 6) is 1.51. The van der Waals surface area contributed by atoms with Gasteiger partial charge in [-0.1, -0.05) is 24.3 Å². The number of hydrogen-bond donors (Lipinski definition) is 2. The maximum absolute atomic E-state index is 9.54. The number of H-pyrrole nitrogens is 1. The number of nitrogens with one attached hydrogen (secondary N) is 1. The van der Waals surface area contributed by atoms with Gasteiger partial charge in [0.1, 0.15) is 11.5 Å². The van der Waals surface area contributed by atoms with Gasteiger partial charge in [0.25, 0.3) is 0 Å². The van der Waals surface area contributed by atoms with Crippen molar-refractivity contribution in [1.29, 1.82) is 0 Å². The minimum atomic E-state index is 0.0832. The van der Waals surface area contributed by atoms with Crippen LogP contribution in [0.1, 0.15) is 19.4 Å². The van der Waals surface area contributed by atoms with Crippen molar-refractivity contribution in [2.24, 2.45) is 5.10 Å². The van der Waals surface area contributed by atoms with Gasteiger partial charge in [0.2, 0.25) is 4.77 Å². The molecule has 0 aliphatic heterocycles. The van der Waals surface area contributed by atoms with E-state index < -0.39 is 0 Å². The number of phenols is 1. The molecular weight excluding hydrogens is 336 g/mol. The zero-order valence-corrected chi connectivity index (χ0v) is 14.7. The molecule has 0 unspecified atom stereocenters. The molecule has 7 heteroatoms. The minimum absolute atomic E-state index is 0.0832. The van der Waals surface area contributed by atoms with Crippen molar-refractivity contribution in [2.45, 2.75) is 20.0 Å². The summed E-state index contributed by atoms with van der Waals surface area (Å²) in [4.78, 5) is 0. The van der Waals surface area contributed by atoms with Crippen molar-refractivity contribution in [3.8, 4) is 22.9 Å². The fraction of sp³-hybridized carbons (Fsp3) is 0.167. The van der Waals surface area contributed by atoms with Gasteiger partial charge in [-0.05, 0) is 55.9 Å². The van der Waals surface area contributed by atoms with Crippen LogP contribution < -0.4 is 4.74 Å². The summed E-state index contributed by atoms with van der Waals surface area (Å²) >= 11 is 5.27. The summed E-state index contributed by atoms with van der Waals surface area (Å²) in [7, 11) is 0. The lowest BCUT2D eigenvalue weighted by molar-refractivity contribution is 0.242. The Morgan fingerprint density at radius 2 is 2.04 bits per heavy atom. The van der Waals surface area contributed by atoms with E-state index >= 15 is 0 Å². The SMILES string of the molecule is CC(C)Oc1cccc(-c2n[nH]c(=S)n2/N=C/c2cccc(O)c2)c1. The largest absolute Gasteiger partial charge is 0.508 e. The van der Waals surface area contributed by atoms with Crippen LogP contribution in [0.2, 0.25) is 0 Å². The van der Waals surface area contributed by atoms with Gasteiger partial charge in [0.05, 0.1) is 12.3 Å². The Hall–Kier alpha value is -2.93. The van der Waals surface area contributed by atoms with E-state index in [4.69, 9.17) is 17.0 Å². The van der Waals surface area contributed by atoms with E-state index in [1.807, 2.05) is 44.2 Å². The lowest BCUT2D eigenvalue weighted by Gasteiger charge is -2.10. The van der Waals surface area contributed by atoms with Crippen LogP contribution in [0.5, 0.6) is 11.5 Å². The molecule has 3 rings (SSSR count). The Labute approximate surface area is 150 Å². The number of ether oxygens (including phenoxy) is 1. The van der Waals surface area contributed by atoms with Crippen molar-refractivity contribution in [3.05, 3.63) is 58.9 Å². The fourth-order valence-electron chi connectivity index (χ4n) is 2.30. The number of nitrogens with zero attached hydrogens (tertiary/aromatic N) is 3. The smallest absolute Gasteiger partial charge is 0.216 e. The molecule has 0 bridgehead atoms. The molecule has 0 amide bonds. The second kappa shape index (κ2) is 7.31. The topological polar surface area (TPSA) is 75.4 Å². The number of rotatable bonds is 5. The van der Waals surface area contributed by atoms with Crippen LogP contribution in [-0.2, 0) is 0 Å². The van der Waals surface area contributed by atoms with Gasteiger partial charge in [-0.2, -0.15) is 14.9 Å². The first-order valence-corrected chi connectivity index (χ1v) is 8.21. The summed E-state index contributed by atoms with van der Waals surface area (Å²) in [6, 6.07) is 14.4. The molecule has 0 spiro atoms. The maximum atomic E-state index is 9.54. The van der Waals surface area contributed by atoms with E-state index in [9.17, 15) is 5.11 Å². The minimum Gasteiger partial charge on any atom is -0.508 e. The highest BCUT2D eigenvalue weighted by molar-refractivity contribution is 7.71. The molecule has 2 aromatic carbocycles. The molecule has 6 nitrogen and oxygen atoms in total. The number of benzene rings is 2. The van der Waals surface area contributed by atoms with Crippen molar-refractivity contribution in [3.63, 3.8) is 0 Å². The second-order valence-corrected chi connectivity index (χ2v) is 6.08. The normalized spacial score (nSPS) is 11.3. The van der Waals surface area contributed by atoms with Crippen LogP contribution in [0.4, 0.5) is 0 Å². The molecule has 0 saturated carbocycles. The number of hydrogen-bond acceptors (Lipinski definition) is 5. The highest BCUT2D eigenvalue weighted by Crippen LogP contribution is 2.23. The first kappa shape index (κ1) is 16.9. The second-order valence-electron chi connectivity index (χ2n) is 5.70. The lowest BCUT2D eigenvalue weighted by Crippen LogP contribution is -2.05. The summed E-state index contributed by atoms with van der Waals surface area (Å²) in [6.07, 6.45) is 1.70. The van der Waals surface area contributed by atoms with Gasteiger partial charge in [0, 0.05) is 5.56 Å². The van der Waals surface area contributed by atoms with Crippen molar-refractivity contribution in [1.82, 2.24) is 14.9 Å². The lowest BCUT2D eigenvalue weighted by atomic mass is 10.2. The molecule has 0 radical (unpaired) electrons. The molecule has 1 heterocycles. The number of aromatic hydroxyl groups is 1. The van der Waals surface area contributed by atoms with Gasteiger partial charge in [-0.15, -0.1) is 0 Å². The number of aromatic nitrogens is 3. The average molecular weight is 354 g/mol. The molecule has 1 aromatic heterocycles. The van der Waals surface area contributed by atoms with E-state index in [0.717, 1.165) is 16.9 Å². The number of aromatic amines is 1. The standard InChI is InChI=1S/C18H18N4O2S/c1-12(2)24-16-8-4-6-14(10-16)17-20-21-18(25)22(17)19-11-13-5-3-7-15(23)9-13/h3-12,23H,1-2H3,(H,21,25)/b19-11+. The molecule has 0 fully saturated rings. The van der Waals surface area contributed by atoms with Gasteiger partial charge >= 0.3 is 0 Å². The van der Waals surface area contributed by atoms with Gasteiger partial charge in [0.15, 0.2) is 5.82 Å². The molecule has 0 aliphatic carbocycles. The molecule has 25 heavy (non-hydrogen) atoms. The van der Waals surface area contributed by atoms with Crippen molar-refractivity contribution < 1.29 is 9.84 Å². The molecule has 2 N–H and O–H groups in total. The van der Waals surface area contributed by atoms with Crippen molar-refractivity contribution >= 4 is 18.4 Å². The molecule has 0 saturated heterocycles. The van der Waals surface area contributed by atoms with Gasteiger partial charge in [-0.3, -0.25) is 0 Å². The van der Waals surface area contributed by atoms with Crippen LogP contribution in [0.25, 0.3) is 11.4 Å². The van der Waals surface area contributed by atoms with Crippen LogP contribution in [0, 0.1) is 4.77 Å². The predicted molar refractivity (Wildman–Crippen MR) is 99.7 cm³/mol. The summed E-state index contributed by atoms with van der Waals surface area (Å²) in [5, 5.41) is 20.9. The molecule has 0 aliphatic rings. The van der Waals surface area contributed by atoms with Crippen molar-refractivity contribution in [2.75, 3.05) is 0 Å². The molecule has 0 atom stereocenters. The highest BCUT2D eigenvalue weighted by atomic mass is 32.1. The summed E-state index contributed by atoms with van der Waals surface area (Å²) in [6.45, 7) is 3.95. The Morgan fingerprint density at radius 1 is 1.24 bits per heavy atom. The first-order chi connectivity index (χ1) is 12.0. The molecule has 128 valence electrons. The van der Waals surface area contributed by atoms with Gasteiger partial charge in [-0.25, -0.2) is 5.10 Å². The van der Waals surface area contributed by atoms with E-state index in [-0.39, 0.29) is 11.9 Å². The average Bonchev–Trinajstić information content (AvgIpc) is 2.93. The molecule has 3 aromatic rings. The fourth-order valence-corrected chi connectivity index (χ4v) is 2.48. The first-order valence-electron chi connectivity index (χ1n) is 7.81. The Morgan fingerprint density at radius 3 is 2.80 bits per heavy atom. The van der Waals surface area contributed by atoms with Gasteiger partial charge < -0.3 is 9.84 Å². The van der Waals surface area contributed by atoms with E-state index in [1.165, 1.54) is 4.68 Å². The number of phenolic OH excluding ortho intramolecular Hbond substituents is 1. The zero-order chi connectivity index (χ0) is 17.8. The quantitative estimate of drug-likeness (QED) is 0.537. The van der Waals surface area contributed by atoms with E-state index in [2.05, 4.69) is 15.3 Å². The van der Waals surface area contributed by atoms with Crippen LogP contribution in [-0.4, -0.2) is 32.3 Å². The van der Waals surface area contributed by atoms with E-state index in [1.54, 1.807) is 24.4 Å². The zero-order valence-electron chi connectivity index (χ0n) is 13.9. The maximum Gasteiger partial charge on any atom is 0.216 e. The highest BCUT2D eigenvalue weighted by Gasteiger charge is 2.09. The monoisotopic (exact) mass is 354 g/mol. The summed E-state index contributed by atoms with van der Waals surface area (Å²) < 4.78 is 7.64. The van der Waals surface area contributed by atoms with Crippen LogP contribution in [0.3, 0.4) is 0 Å².